The van der Waals surface area contributed by atoms with Crippen molar-refractivity contribution in [3.63, 3.8) is 0 Å². The van der Waals surface area contributed by atoms with Gasteiger partial charge in [0.2, 0.25) is 10.0 Å². The van der Waals surface area contributed by atoms with Gasteiger partial charge in [-0.1, -0.05) is 24.3 Å². The first-order valence-corrected chi connectivity index (χ1v) is 7.71. The van der Waals surface area contributed by atoms with Crippen LogP contribution in [0.3, 0.4) is 0 Å². The molecule has 2 aromatic rings. The number of hydrogen-bond acceptors (Lipinski definition) is 3. The van der Waals surface area contributed by atoms with Gasteiger partial charge in [0, 0.05) is 0 Å². The van der Waals surface area contributed by atoms with E-state index < -0.39 is 10.0 Å². The fourth-order valence-electron chi connectivity index (χ4n) is 1.88. The molecule has 0 radical (unpaired) electrons. The minimum Gasteiger partial charge on any atom is -0.468 e. The van der Waals surface area contributed by atoms with Gasteiger partial charge in [-0.05, 0) is 37.1 Å². The molecule has 5 heteroatoms. The zero-order valence-corrected chi connectivity index (χ0v) is 11.8. The zero-order chi connectivity index (χ0) is 13.9. The smallest absolute Gasteiger partial charge is 0.216 e. The largest absolute Gasteiger partial charge is 0.468 e. The molecule has 1 aromatic heterocycles. The number of hydrogen-bond donors (Lipinski definition) is 1. The first-order valence-electron chi connectivity index (χ1n) is 6.06. The summed E-state index contributed by atoms with van der Waals surface area (Å²) in [5, 5.41) is 0. The molecule has 19 heavy (non-hydrogen) atoms. The van der Waals surface area contributed by atoms with Crippen molar-refractivity contribution in [3.05, 3.63) is 59.5 Å². The van der Waals surface area contributed by atoms with Gasteiger partial charge < -0.3 is 4.42 Å². The summed E-state index contributed by atoms with van der Waals surface area (Å²) in [6.07, 6.45) is 1.53. The molecule has 2 rings (SSSR count). The molecule has 4 nitrogen and oxygen atoms in total. The predicted octanol–water partition coefficient (Wildman–Crippen LogP) is 2.77. The normalized spacial score (nSPS) is 13.4. The van der Waals surface area contributed by atoms with Crippen LogP contribution in [0.15, 0.2) is 47.1 Å². The van der Waals surface area contributed by atoms with Crippen LogP contribution in [0.5, 0.6) is 0 Å². The van der Waals surface area contributed by atoms with Crippen molar-refractivity contribution in [1.29, 1.82) is 0 Å². The van der Waals surface area contributed by atoms with E-state index in [-0.39, 0.29) is 11.8 Å². The van der Waals surface area contributed by atoms with Crippen LogP contribution in [0.4, 0.5) is 0 Å². The molecule has 1 atom stereocenters. The number of nitrogens with one attached hydrogen (secondary N) is 1. The summed E-state index contributed by atoms with van der Waals surface area (Å²) in [5.74, 6) is 0.582. The van der Waals surface area contributed by atoms with Gasteiger partial charge in [0.15, 0.2) is 0 Å². The van der Waals surface area contributed by atoms with Crippen molar-refractivity contribution in [2.75, 3.05) is 0 Å². The summed E-state index contributed by atoms with van der Waals surface area (Å²) in [6.45, 7) is 3.66. The van der Waals surface area contributed by atoms with Crippen LogP contribution in [0.1, 0.15) is 29.9 Å². The fraction of sp³-hybridized carbons (Fsp3) is 0.286. The highest BCUT2D eigenvalue weighted by atomic mass is 32.2. The van der Waals surface area contributed by atoms with Crippen molar-refractivity contribution in [2.24, 2.45) is 0 Å². The van der Waals surface area contributed by atoms with E-state index in [0.717, 1.165) is 11.1 Å². The Bertz CT molecular complexity index is 632. The Hall–Kier alpha value is -1.59. The highest BCUT2D eigenvalue weighted by Crippen LogP contribution is 2.16. The molecule has 1 N–H and O–H groups in total. The minimum atomic E-state index is -3.39. The highest BCUT2D eigenvalue weighted by Gasteiger charge is 2.18. The first kappa shape index (κ1) is 13.8. The van der Waals surface area contributed by atoms with Gasteiger partial charge in [0.1, 0.15) is 5.76 Å². The van der Waals surface area contributed by atoms with E-state index in [1.165, 1.54) is 6.26 Å². The molecule has 0 aliphatic carbocycles. The average Bonchev–Trinajstić information content (AvgIpc) is 2.85. The monoisotopic (exact) mass is 279 g/mol. The topological polar surface area (TPSA) is 59.3 Å². The second kappa shape index (κ2) is 5.59. The molecule has 0 saturated carbocycles. The minimum absolute atomic E-state index is 0.0231. The van der Waals surface area contributed by atoms with Gasteiger partial charge in [0.25, 0.3) is 0 Å². The molecule has 0 bridgehead atoms. The summed E-state index contributed by atoms with van der Waals surface area (Å²) < 4.78 is 32.0. The Morgan fingerprint density at radius 3 is 2.58 bits per heavy atom. The quantitative estimate of drug-likeness (QED) is 0.915. The predicted molar refractivity (Wildman–Crippen MR) is 74.1 cm³/mol. The summed E-state index contributed by atoms with van der Waals surface area (Å²) in [6, 6.07) is 10.6. The van der Waals surface area contributed by atoms with E-state index >= 15 is 0 Å². The van der Waals surface area contributed by atoms with E-state index in [0.29, 0.717) is 5.76 Å². The molecule has 1 heterocycles. The second-order valence-corrected chi connectivity index (χ2v) is 6.29. The number of furan rings is 1. The van der Waals surface area contributed by atoms with E-state index in [1.54, 1.807) is 19.1 Å². The van der Waals surface area contributed by atoms with Gasteiger partial charge in [-0.25, -0.2) is 13.1 Å². The molecule has 0 fully saturated rings. The lowest BCUT2D eigenvalue weighted by molar-refractivity contribution is 0.459. The molecular formula is C14H17NO3S. The van der Waals surface area contributed by atoms with Gasteiger partial charge in [0.05, 0.1) is 18.1 Å². The van der Waals surface area contributed by atoms with Gasteiger partial charge in [-0.15, -0.1) is 0 Å². The Morgan fingerprint density at radius 2 is 1.95 bits per heavy atom. The Morgan fingerprint density at radius 1 is 1.21 bits per heavy atom. The lowest BCUT2D eigenvalue weighted by Crippen LogP contribution is -2.28. The van der Waals surface area contributed by atoms with Crippen molar-refractivity contribution < 1.29 is 12.8 Å². The zero-order valence-electron chi connectivity index (χ0n) is 11.0. The Balaban J connectivity index is 2.09. The van der Waals surface area contributed by atoms with Crippen LogP contribution in [-0.2, 0) is 15.8 Å². The molecule has 1 unspecified atom stereocenters. The van der Waals surface area contributed by atoms with Crippen LogP contribution >= 0.6 is 0 Å². The summed E-state index contributed by atoms with van der Waals surface area (Å²) in [4.78, 5) is 0. The van der Waals surface area contributed by atoms with Crippen molar-refractivity contribution >= 4 is 10.0 Å². The van der Waals surface area contributed by atoms with Gasteiger partial charge in [-0.2, -0.15) is 0 Å². The second-order valence-electron chi connectivity index (χ2n) is 4.54. The van der Waals surface area contributed by atoms with Crippen LogP contribution in [0.2, 0.25) is 0 Å². The van der Waals surface area contributed by atoms with Crippen LogP contribution < -0.4 is 4.72 Å². The average molecular weight is 279 g/mol. The van der Waals surface area contributed by atoms with Gasteiger partial charge in [-0.3, -0.25) is 0 Å². The number of aryl methyl sites for hydroxylation is 1. The van der Waals surface area contributed by atoms with E-state index in [1.807, 2.05) is 31.2 Å². The van der Waals surface area contributed by atoms with Crippen molar-refractivity contribution in [3.8, 4) is 0 Å². The maximum absolute atomic E-state index is 12.1. The van der Waals surface area contributed by atoms with Gasteiger partial charge >= 0.3 is 0 Å². The summed E-state index contributed by atoms with van der Waals surface area (Å²) >= 11 is 0. The third kappa shape index (κ3) is 3.68. The van der Waals surface area contributed by atoms with E-state index in [9.17, 15) is 8.42 Å². The molecular weight excluding hydrogens is 262 g/mol. The van der Waals surface area contributed by atoms with Crippen LogP contribution in [-0.4, -0.2) is 8.42 Å². The third-order valence-corrected chi connectivity index (χ3v) is 4.34. The SMILES string of the molecule is Cc1ccccc1CS(=O)(=O)NC(C)c1ccco1. The van der Waals surface area contributed by atoms with Crippen LogP contribution in [0, 0.1) is 6.92 Å². The van der Waals surface area contributed by atoms with E-state index in [2.05, 4.69) is 4.72 Å². The number of sulfonamides is 1. The highest BCUT2D eigenvalue weighted by molar-refractivity contribution is 7.88. The third-order valence-electron chi connectivity index (χ3n) is 2.93. The van der Waals surface area contributed by atoms with Crippen LogP contribution in [0.25, 0.3) is 0 Å². The Labute approximate surface area is 113 Å². The molecule has 0 amide bonds. The molecule has 0 spiro atoms. The Kier molecular flexibility index (Phi) is 4.07. The lowest BCUT2D eigenvalue weighted by atomic mass is 10.1. The molecule has 0 aliphatic heterocycles. The molecule has 0 saturated heterocycles. The number of rotatable bonds is 5. The molecule has 102 valence electrons. The maximum Gasteiger partial charge on any atom is 0.216 e. The number of benzene rings is 1. The van der Waals surface area contributed by atoms with E-state index in [4.69, 9.17) is 4.42 Å². The molecule has 0 aliphatic rings. The van der Waals surface area contributed by atoms with Crippen molar-refractivity contribution in [2.45, 2.75) is 25.6 Å². The fourth-order valence-corrected chi connectivity index (χ4v) is 3.35. The standard InChI is InChI=1S/C14H17NO3S/c1-11-6-3-4-7-13(11)10-19(16,17)15-12(2)14-8-5-9-18-14/h3-9,12,15H,10H2,1-2H3. The lowest BCUT2D eigenvalue weighted by Gasteiger charge is -2.13. The summed E-state index contributed by atoms with van der Waals surface area (Å²) in [5.41, 5.74) is 1.78. The maximum atomic E-state index is 12.1. The summed E-state index contributed by atoms with van der Waals surface area (Å²) in [7, 11) is -3.39. The first-order chi connectivity index (χ1) is 8.98. The van der Waals surface area contributed by atoms with Crippen molar-refractivity contribution in [1.82, 2.24) is 4.72 Å². The molecule has 1 aromatic carbocycles.